The molecule has 3 aromatic rings. The zero-order chi connectivity index (χ0) is 20.4. The van der Waals surface area contributed by atoms with Gasteiger partial charge in [0.15, 0.2) is 0 Å². The topological polar surface area (TPSA) is 61.2 Å². The van der Waals surface area contributed by atoms with Crippen molar-refractivity contribution in [3.8, 4) is 6.07 Å². The van der Waals surface area contributed by atoms with Crippen molar-refractivity contribution in [2.75, 3.05) is 41.7 Å². The molecule has 2 N–H and O–H groups in total. The molecular formula is C22H21F2N5. The Hall–Kier alpha value is -3.53. The van der Waals surface area contributed by atoms with E-state index in [1.807, 2.05) is 0 Å². The number of nitrogens with two attached hydrogens (primary N) is 1. The molecule has 0 radical (unpaired) electrons. The molecule has 0 amide bonds. The number of benzene rings is 2. The van der Waals surface area contributed by atoms with E-state index in [-0.39, 0.29) is 18.2 Å². The van der Waals surface area contributed by atoms with Crippen LogP contribution in [0.5, 0.6) is 0 Å². The number of halogens is 2. The number of nitrogen functional groups attached to an aromatic ring is 1. The Morgan fingerprint density at radius 3 is 2.24 bits per heavy atom. The average Bonchev–Trinajstić information content (AvgIpc) is 3.05. The van der Waals surface area contributed by atoms with Gasteiger partial charge in [-0.25, -0.2) is 8.78 Å². The van der Waals surface area contributed by atoms with Crippen molar-refractivity contribution in [2.45, 2.75) is 6.54 Å². The highest BCUT2D eigenvalue weighted by Gasteiger charge is 2.24. The molecule has 1 aliphatic heterocycles. The quantitative estimate of drug-likeness (QED) is 0.736. The first-order valence-electron chi connectivity index (χ1n) is 9.45. The summed E-state index contributed by atoms with van der Waals surface area (Å²) in [6.45, 7) is 3.08. The van der Waals surface area contributed by atoms with Gasteiger partial charge >= 0.3 is 0 Å². The van der Waals surface area contributed by atoms with E-state index in [0.29, 0.717) is 30.0 Å². The van der Waals surface area contributed by atoms with Crippen LogP contribution >= 0.6 is 0 Å². The highest BCUT2D eigenvalue weighted by atomic mass is 19.1. The minimum Gasteiger partial charge on any atom is -0.396 e. The fraction of sp³-hybridized carbons (Fsp3) is 0.227. The predicted octanol–water partition coefficient (Wildman–Crippen LogP) is 3.60. The van der Waals surface area contributed by atoms with Crippen molar-refractivity contribution >= 4 is 17.2 Å². The Morgan fingerprint density at radius 2 is 1.59 bits per heavy atom. The minimum atomic E-state index is -0.309. The summed E-state index contributed by atoms with van der Waals surface area (Å²) in [5, 5.41) is 9.54. The normalized spacial score (nSPS) is 14.1. The summed E-state index contributed by atoms with van der Waals surface area (Å²) in [6, 6.07) is 16.8. The van der Waals surface area contributed by atoms with E-state index >= 15 is 0 Å². The number of nitriles is 1. The second kappa shape index (κ2) is 7.84. The van der Waals surface area contributed by atoms with Crippen LogP contribution < -0.4 is 15.5 Å². The lowest BCUT2D eigenvalue weighted by molar-refractivity contribution is 0.591. The Labute approximate surface area is 168 Å². The monoisotopic (exact) mass is 393 g/mol. The van der Waals surface area contributed by atoms with Gasteiger partial charge in [-0.05, 0) is 36.4 Å². The molecular weight excluding hydrogens is 372 g/mol. The Bertz CT molecular complexity index is 1040. The van der Waals surface area contributed by atoms with Gasteiger partial charge in [-0.15, -0.1) is 0 Å². The maximum atomic E-state index is 14.2. The first-order valence-corrected chi connectivity index (χ1v) is 9.45. The van der Waals surface area contributed by atoms with Crippen LogP contribution in [0.2, 0.25) is 0 Å². The number of piperazine rings is 1. The molecule has 0 saturated carbocycles. The van der Waals surface area contributed by atoms with E-state index in [4.69, 9.17) is 5.73 Å². The molecule has 7 heteroatoms. The van der Waals surface area contributed by atoms with Gasteiger partial charge in [0.1, 0.15) is 29.2 Å². The first kappa shape index (κ1) is 18.8. The third-order valence-electron chi connectivity index (χ3n) is 5.27. The number of nitrogens with zero attached hydrogens (tertiary/aromatic N) is 4. The number of rotatable bonds is 4. The lowest BCUT2D eigenvalue weighted by atomic mass is 10.2. The van der Waals surface area contributed by atoms with Crippen LogP contribution in [0.25, 0.3) is 0 Å². The fourth-order valence-electron chi connectivity index (χ4n) is 3.79. The Kier molecular flexibility index (Phi) is 5.09. The smallest absolute Gasteiger partial charge is 0.133 e. The summed E-state index contributed by atoms with van der Waals surface area (Å²) < 4.78 is 29.1. The summed E-state index contributed by atoms with van der Waals surface area (Å²) in [5.74, 6) is 0.175. The summed E-state index contributed by atoms with van der Waals surface area (Å²) in [6.07, 6.45) is 0. The SMILES string of the molecule is N#Cc1cc(N)c(N2CCN(c3ccc(F)cc3)CC2)n1Cc1ccccc1F. The van der Waals surface area contributed by atoms with Crippen molar-refractivity contribution in [1.82, 2.24) is 4.57 Å². The van der Waals surface area contributed by atoms with E-state index in [2.05, 4.69) is 15.9 Å². The molecule has 1 saturated heterocycles. The van der Waals surface area contributed by atoms with Crippen LogP contribution in [-0.2, 0) is 6.54 Å². The number of anilines is 3. The maximum absolute atomic E-state index is 14.2. The largest absolute Gasteiger partial charge is 0.396 e. The molecule has 2 heterocycles. The number of aromatic nitrogens is 1. The van der Waals surface area contributed by atoms with Crippen molar-refractivity contribution in [2.24, 2.45) is 0 Å². The van der Waals surface area contributed by atoms with E-state index in [9.17, 15) is 14.0 Å². The number of hydrogen-bond acceptors (Lipinski definition) is 4. The lowest BCUT2D eigenvalue weighted by Crippen LogP contribution is -2.47. The number of hydrogen-bond donors (Lipinski definition) is 1. The van der Waals surface area contributed by atoms with E-state index in [0.717, 1.165) is 24.6 Å². The minimum absolute atomic E-state index is 0.236. The van der Waals surface area contributed by atoms with Gasteiger partial charge in [0.25, 0.3) is 0 Å². The predicted molar refractivity (Wildman–Crippen MR) is 110 cm³/mol. The van der Waals surface area contributed by atoms with E-state index in [1.165, 1.54) is 18.2 Å². The van der Waals surface area contributed by atoms with Gasteiger partial charge in [-0.3, -0.25) is 0 Å². The molecule has 1 fully saturated rings. The van der Waals surface area contributed by atoms with Crippen LogP contribution in [0.15, 0.2) is 54.6 Å². The molecule has 1 aliphatic rings. The Morgan fingerprint density at radius 1 is 0.931 bits per heavy atom. The van der Waals surface area contributed by atoms with Crippen molar-refractivity contribution in [1.29, 1.82) is 5.26 Å². The average molecular weight is 393 g/mol. The van der Waals surface area contributed by atoms with Gasteiger partial charge < -0.3 is 20.1 Å². The molecule has 5 nitrogen and oxygen atoms in total. The van der Waals surface area contributed by atoms with Crippen LogP contribution in [0.1, 0.15) is 11.3 Å². The van der Waals surface area contributed by atoms with E-state index in [1.54, 1.807) is 41.0 Å². The zero-order valence-electron chi connectivity index (χ0n) is 15.9. The van der Waals surface area contributed by atoms with Crippen molar-refractivity contribution in [3.05, 3.63) is 77.5 Å². The molecule has 148 valence electrons. The van der Waals surface area contributed by atoms with Crippen LogP contribution in [0, 0.1) is 23.0 Å². The summed E-state index contributed by atoms with van der Waals surface area (Å²) in [7, 11) is 0. The second-order valence-electron chi connectivity index (χ2n) is 7.05. The van der Waals surface area contributed by atoms with Crippen LogP contribution in [0.3, 0.4) is 0 Å². The standard InChI is InChI=1S/C22H21F2N5/c23-17-5-7-18(8-6-17)27-9-11-28(12-10-27)22-21(26)13-19(14-25)29(22)15-16-3-1-2-4-20(16)24/h1-8,13H,9-12,15,26H2. The highest BCUT2D eigenvalue weighted by Crippen LogP contribution is 2.31. The van der Waals surface area contributed by atoms with Gasteiger partial charge in [0, 0.05) is 37.4 Å². The van der Waals surface area contributed by atoms with Crippen LogP contribution in [0.4, 0.5) is 26.0 Å². The fourth-order valence-corrected chi connectivity index (χ4v) is 3.79. The van der Waals surface area contributed by atoms with Gasteiger partial charge in [0.2, 0.25) is 0 Å². The maximum Gasteiger partial charge on any atom is 0.133 e. The second-order valence-corrected chi connectivity index (χ2v) is 7.05. The zero-order valence-corrected chi connectivity index (χ0v) is 15.9. The summed E-state index contributed by atoms with van der Waals surface area (Å²) >= 11 is 0. The van der Waals surface area contributed by atoms with Gasteiger partial charge in [-0.1, -0.05) is 18.2 Å². The third kappa shape index (κ3) is 3.74. The van der Waals surface area contributed by atoms with Crippen molar-refractivity contribution in [3.63, 3.8) is 0 Å². The summed E-state index contributed by atoms with van der Waals surface area (Å²) in [4.78, 5) is 4.30. The molecule has 0 bridgehead atoms. The van der Waals surface area contributed by atoms with Crippen molar-refractivity contribution < 1.29 is 8.78 Å². The van der Waals surface area contributed by atoms with E-state index < -0.39 is 0 Å². The summed E-state index contributed by atoms with van der Waals surface area (Å²) in [5.41, 5.74) is 8.63. The Balaban J connectivity index is 1.57. The molecule has 0 unspecified atom stereocenters. The molecule has 1 aromatic heterocycles. The molecule has 0 spiro atoms. The molecule has 29 heavy (non-hydrogen) atoms. The molecule has 0 atom stereocenters. The van der Waals surface area contributed by atoms with Gasteiger partial charge in [0.05, 0.1) is 12.2 Å². The molecule has 4 rings (SSSR count). The molecule has 2 aromatic carbocycles. The van der Waals surface area contributed by atoms with Gasteiger partial charge in [-0.2, -0.15) is 5.26 Å². The highest BCUT2D eigenvalue weighted by molar-refractivity contribution is 5.69. The van der Waals surface area contributed by atoms with Crippen LogP contribution in [-0.4, -0.2) is 30.7 Å². The lowest BCUT2D eigenvalue weighted by Gasteiger charge is -2.38. The first-order chi connectivity index (χ1) is 14.1. The molecule has 0 aliphatic carbocycles. The third-order valence-corrected chi connectivity index (χ3v) is 5.27.